The van der Waals surface area contributed by atoms with Crippen LogP contribution in [0.2, 0.25) is 10.0 Å². The summed E-state index contributed by atoms with van der Waals surface area (Å²) in [4.78, 5) is 14.3. The molecule has 0 bridgehead atoms. The molecule has 26 heavy (non-hydrogen) atoms. The first-order chi connectivity index (χ1) is 12.4. The van der Waals surface area contributed by atoms with E-state index in [2.05, 4.69) is 36.1 Å². The van der Waals surface area contributed by atoms with Crippen molar-refractivity contribution in [3.63, 3.8) is 0 Å². The van der Waals surface area contributed by atoms with Crippen molar-refractivity contribution in [2.45, 2.75) is 19.4 Å². The Bertz CT molecular complexity index is 830. The number of rotatable bonds is 3. The molecule has 1 aliphatic heterocycles. The van der Waals surface area contributed by atoms with Crippen molar-refractivity contribution in [3.05, 3.63) is 63.1 Å². The zero-order chi connectivity index (χ0) is 18.8. The molecule has 1 N–H and O–H groups in total. The van der Waals surface area contributed by atoms with Crippen molar-refractivity contribution < 1.29 is 4.79 Å². The van der Waals surface area contributed by atoms with Gasteiger partial charge in [0.25, 0.3) is 0 Å². The minimum atomic E-state index is -0.250. The number of benzene rings is 2. The van der Waals surface area contributed by atoms with Crippen LogP contribution in [0.4, 0.5) is 10.5 Å². The number of hydrogen-bond acceptors (Lipinski definition) is 3. The Morgan fingerprint density at radius 2 is 2.12 bits per heavy atom. The van der Waals surface area contributed by atoms with Gasteiger partial charge in [-0.25, -0.2) is 9.10 Å². The minimum absolute atomic E-state index is 0.121. The monoisotopic (exact) mass is 409 g/mol. The highest BCUT2D eigenvalue weighted by atomic mass is 35.5. The van der Waals surface area contributed by atoms with Crippen LogP contribution in [0, 0.1) is 0 Å². The number of thiol groups is 1. The maximum Gasteiger partial charge on any atom is 0.331 e. The molecule has 2 aromatic rings. The van der Waals surface area contributed by atoms with Crippen LogP contribution < -0.4 is 9.62 Å². The van der Waals surface area contributed by atoms with Crippen LogP contribution in [-0.2, 0) is 6.54 Å². The number of nitrogens with zero attached hydrogens (tertiary/aromatic N) is 2. The summed E-state index contributed by atoms with van der Waals surface area (Å²) >= 11 is 17.0. The molecule has 0 saturated heterocycles. The van der Waals surface area contributed by atoms with E-state index in [9.17, 15) is 4.79 Å². The molecule has 7 heteroatoms. The van der Waals surface area contributed by atoms with Crippen LogP contribution in [0.3, 0.4) is 0 Å². The Hall–Kier alpha value is -1.40. The molecule has 2 aromatic carbocycles. The molecule has 1 atom stereocenters. The first-order valence-electron chi connectivity index (χ1n) is 8.43. The second-order valence-electron chi connectivity index (χ2n) is 6.45. The average Bonchev–Trinajstić information content (AvgIpc) is 2.61. The third-order valence-electron chi connectivity index (χ3n) is 4.53. The molecule has 0 fully saturated rings. The minimum Gasteiger partial charge on any atom is -0.337 e. The molecule has 138 valence electrons. The number of hydrogen-bond donors (Lipinski definition) is 2. The maximum atomic E-state index is 12.1. The smallest absolute Gasteiger partial charge is 0.331 e. The van der Waals surface area contributed by atoms with Crippen LogP contribution in [0.25, 0.3) is 0 Å². The summed E-state index contributed by atoms with van der Waals surface area (Å²) in [5.41, 5.74) is 4.06. The normalized spacial score (nSPS) is 16.9. The molecule has 0 aromatic heterocycles. The van der Waals surface area contributed by atoms with Gasteiger partial charge in [-0.2, -0.15) is 0 Å². The first-order valence-corrected chi connectivity index (χ1v) is 9.59. The summed E-state index contributed by atoms with van der Waals surface area (Å²) in [5, 5.41) is 4.08. The topological polar surface area (TPSA) is 35.6 Å². The lowest BCUT2D eigenvalue weighted by Gasteiger charge is -2.33. The predicted octanol–water partition coefficient (Wildman–Crippen LogP) is 4.95. The van der Waals surface area contributed by atoms with E-state index >= 15 is 0 Å². The van der Waals surface area contributed by atoms with Gasteiger partial charge in [0.05, 0.1) is 5.69 Å². The molecule has 1 aliphatic rings. The van der Waals surface area contributed by atoms with Crippen molar-refractivity contribution in [3.8, 4) is 0 Å². The molecule has 3 rings (SSSR count). The second-order valence-corrected chi connectivity index (χ2v) is 7.69. The molecular formula is C19H21Cl2N3OS. The Kier molecular flexibility index (Phi) is 6.03. The Balaban J connectivity index is 2.00. The molecule has 0 saturated carbocycles. The SMILES string of the molecule is CCNC(=O)N(S)c1cccc(C2CN(C)Cc3c(Cl)cc(Cl)cc32)c1. The van der Waals surface area contributed by atoms with Gasteiger partial charge in [0, 0.05) is 35.6 Å². The standard InChI is InChI=1S/C19H21Cl2N3OS/c1-3-22-19(25)24(26)14-6-4-5-12(7-14)16-10-23(2)11-17-15(16)8-13(20)9-18(17)21/h4-9,16,26H,3,10-11H2,1-2H3,(H,22,25). The number of fused-ring (bicyclic) bond motifs is 1. The van der Waals surface area contributed by atoms with Gasteiger partial charge in [-0.1, -0.05) is 48.1 Å². The largest absolute Gasteiger partial charge is 0.337 e. The molecule has 1 unspecified atom stereocenters. The van der Waals surface area contributed by atoms with Crippen LogP contribution in [0.15, 0.2) is 36.4 Å². The summed E-state index contributed by atoms with van der Waals surface area (Å²) < 4.78 is 1.32. The van der Waals surface area contributed by atoms with Crippen LogP contribution in [0.5, 0.6) is 0 Å². The third-order valence-corrected chi connectivity index (χ3v) is 5.50. The number of amides is 2. The van der Waals surface area contributed by atoms with Gasteiger partial charge in [0.15, 0.2) is 0 Å². The van der Waals surface area contributed by atoms with Crippen LogP contribution in [0.1, 0.15) is 29.5 Å². The highest BCUT2D eigenvalue weighted by Gasteiger charge is 2.27. The number of carbonyl (C=O) groups is 1. The average molecular weight is 410 g/mol. The number of anilines is 1. The molecule has 0 radical (unpaired) electrons. The molecule has 0 aliphatic carbocycles. The summed E-state index contributed by atoms with van der Waals surface area (Å²) in [6, 6.07) is 11.4. The van der Waals surface area contributed by atoms with Crippen molar-refractivity contribution in [1.82, 2.24) is 10.2 Å². The summed E-state index contributed by atoms with van der Waals surface area (Å²) in [6.07, 6.45) is 0. The fourth-order valence-corrected chi connectivity index (χ4v) is 4.11. The van der Waals surface area contributed by atoms with E-state index in [1.54, 1.807) is 6.07 Å². The Morgan fingerprint density at radius 3 is 2.85 bits per heavy atom. The van der Waals surface area contributed by atoms with E-state index in [1.165, 1.54) is 4.31 Å². The third kappa shape index (κ3) is 3.96. The summed E-state index contributed by atoms with van der Waals surface area (Å²) in [6.45, 7) is 4.06. The predicted molar refractivity (Wildman–Crippen MR) is 112 cm³/mol. The summed E-state index contributed by atoms with van der Waals surface area (Å²) in [5.74, 6) is 0.121. The number of carbonyl (C=O) groups excluding carboxylic acids is 1. The van der Waals surface area contributed by atoms with Gasteiger partial charge < -0.3 is 10.2 Å². The number of nitrogens with one attached hydrogen (secondary N) is 1. The Morgan fingerprint density at radius 1 is 1.35 bits per heavy atom. The van der Waals surface area contributed by atoms with Gasteiger partial charge in [0.1, 0.15) is 0 Å². The van der Waals surface area contributed by atoms with E-state index in [-0.39, 0.29) is 11.9 Å². The second kappa shape index (κ2) is 8.09. The van der Waals surface area contributed by atoms with E-state index in [1.807, 2.05) is 31.2 Å². The number of halogens is 2. The van der Waals surface area contributed by atoms with Crippen LogP contribution in [-0.4, -0.2) is 31.1 Å². The lowest BCUT2D eigenvalue weighted by Crippen LogP contribution is -2.34. The van der Waals surface area contributed by atoms with Gasteiger partial charge in [-0.05, 0) is 54.9 Å². The molecule has 4 nitrogen and oxygen atoms in total. The van der Waals surface area contributed by atoms with E-state index in [4.69, 9.17) is 23.2 Å². The van der Waals surface area contributed by atoms with Gasteiger partial charge in [0.2, 0.25) is 0 Å². The summed E-state index contributed by atoms with van der Waals surface area (Å²) in [7, 11) is 2.07. The van der Waals surface area contributed by atoms with Crippen LogP contribution >= 0.6 is 36.0 Å². The van der Waals surface area contributed by atoms with Gasteiger partial charge in [-0.15, -0.1) is 0 Å². The van der Waals surface area contributed by atoms with Gasteiger partial charge in [-0.3, -0.25) is 0 Å². The first kappa shape index (κ1) is 19.4. The maximum absolute atomic E-state index is 12.1. The molecule has 1 heterocycles. The molecule has 2 amide bonds. The van der Waals surface area contributed by atoms with Crippen molar-refractivity contribution >= 4 is 47.7 Å². The van der Waals surface area contributed by atoms with Crippen molar-refractivity contribution in [2.75, 3.05) is 24.4 Å². The quantitative estimate of drug-likeness (QED) is 0.703. The molecule has 0 spiro atoms. The number of likely N-dealkylation sites (N-methyl/N-ethyl adjacent to an activating group) is 1. The zero-order valence-electron chi connectivity index (χ0n) is 14.7. The highest BCUT2D eigenvalue weighted by molar-refractivity contribution is 7.82. The fraction of sp³-hybridized carbons (Fsp3) is 0.316. The van der Waals surface area contributed by atoms with Crippen molar-refractivity contribution in [2.24, 2.45) is 0 Å². The lowest BCUT2D eigenvalue weighted by atomic mass is 9.84. The van der Waals surface area contributed by atoms with Gasteiger partial charge >= 0.3 is 6.03 Å². The lowest BCUT2D eigenvalue weighted by molar-refractivity contribution is 0.250. The fourth-order valence-electron chi connectivity index (χ4n) is 3.35. The number of urea groups is 1. The van der Waals surface area contributed by atoms with Crippen molar-refractivity contribution in [1.29, 1.82) is 0 Å². The Labute approximate surface area is 169 Å². The van der Waals surface area contributed by atoms with E-state index in [0.29, 0.717) is 16.6 Å². The van der Waals surface area contributed by atoms with E-state index < -0.39 is 0 Å². The zero-order valence-corrected chi connectivity index (χ0v) is 17.1. The van der Waals surface area contributed by atoms with E-state index in [0.717, 1.165) is 35.5 Å². The highest BCUT2D eigenvalue weighted by Crippen LogP contribution is 2.39. The molecular weight excluding hydrogens is 389 g/mol.